The van der Waals surface area contributed by atoms with Crippen molar-refractivity contribution in [2.45, 2.75) is 39.8 Å². The van der Waals surface area contributed by atoms with Crippen LogP contribution in [0.1, 0.15) is 32.8 Å². The number of carbonyl (C=O) groups is 1. The molecule has 0 aliphatic carbocycles. The molecule has 0 N–H and O–H groups in total. The third-order valence-corrected chi connectivity index (χ3v) is 3.06. The second-order valence-corrected chi connectivity index (χ2v) is 4.91. The summed E-state index contributed by atoms with van der Waals surface area (Å²) >= 11 is 0. The lowest BCUT2D eigenvalue weighted by atomic mass is 9.96. The zero-order valence-electron chi connectivity index (χ0n) is 11.3. The summed E-state index contributed by atoms with van der Waals surface area (Å²) < 4.78 is 0. The van der Waals surface area contributed by atoms with E-state index in [1.54, 1.807) is 0 Å². The molecule has 2 heteroatoms. The zero-order valence-corrected chi connectivity index (χ0v) is 11.3. The monoisotopic (exact) mass is 233 g/mol. The minimum Gasteiger partial charge on any atom is -0.298 e. The van der Waals surface area contributed by atoms with Crippen LogP contribution in [-0.4, -0.2) is 23.8 Å². The zero-order chi connectivity index (χ0) is 12.8. The van der Waals surface area contributed by atoms with Gasteiger partial charge in [-0.25, -0.2) is 0 Å². The Hall–Kier alpha value is -1.15. The SMILES string of the molecule is CCC(=O)C(C(C)C)N(C)Cc1ccccc1. The molecule has 0 heterocycles. The van der Waals surface area contributed by atoms with Crippen molar-refractivity contribution in [2.24, 2.45) is 5.92 Å². The maximum atomic E-state index is 11.9. The fourth-order valence-electron chi connectivity index (χ4n) is 2.31. The molecule has 0 spiro atoms. The highest BCUT2D eigenvalue weighted by Crippen LogP contribution is 2.15. The van der Waals surface area contributed by atoms with Crippen molar-refractivity contribution in [3.8, 4) is 0 Å². The van der Waals surface area contributed by atoms with Crippen LogP contribution in [0.2, 0.25) is 0 Å². The van der Waals surface area contributed by atoms with E-state index >= 15 is 0 Å². The van der Waals surface area contributed by atoms with Gasteiger partial charge in [-0.15, -0.1) is 0 Å². The molecule has 2 nitrogen and oxygen atoms in total. The van der Waals surface area contributed by atoms with Crippen molar-refractivity contribution in [3.63, 3.8) is 0 Å². The fourth-order valence-corrected chi connectivity index (χ4v) is 2.31. The van der Waals surface area contributed by atoms with Crippen molar-refractivity contribution in [2.75, 3.05) is 7.05 Å². The molecule has 1 unspecified atom stereocenters. The van der Waals surface area contributed by atoms with Crippen LogP contribution in [0.4, 0.5) is 0 Å². The molecule has 0 saturated heterocycles. The van der Waals surface area contributed by atoms with Gasteiger partial charge in [0.25, 0.3) is 0 Å². The van der Waals surface area contributed by atoms with E-state index in [0.717, 1.165) is 6.54 Å². The van der Waals surface area contributed by atoms with Gasteiger partial charge in [0.2, 0.25) is 0 Å². The maximum absolute atomic E-state index is 11.9. The smallest absolute Gasteiger partial charge is 0.149 e. The average Bonchev–Trinajstić information content (AvgIpc) is 2.29. The predicted molar refractivity (Wildman–Crippen MR) is 71.8 cm³/mol. The van der Waals surface area contributed by atoms with E-state index < -0.39 is 0 Å². The van der Waals surface area contributed by atoms with Crippen LogP contribution in [-0.2, 0) is 11.3 Å². The Balaban J connectivity index is 2.72. The van der Waals surface area contributed by atoms with Gasteiger partial charge >= 0.3 is 0 Å². The molecule has 17 heavy (non-hydrogen) atoms. The summed E-state index contributed by atoms with van der Waals surface area (Å²) in [6.07, 6.45) is 0.613. The first kappa shape index (κ1) is 13.9. The van der Waals surface area contributed by atoms with E-state index in [0.29, 0.717) is 18.1 Å². The predicted octanol–water partition coefficient (Wildman–Crippen LogP) is 3.12. The van der Waals surface area contributed by atoms with Gasteiger partial charge in [-0.3, -0.25) is 9.69 Å². The van der Waals surface area contributed by atoms with Gasteiger partial charge in [0, 0.05) is 13.0 Å². The minimum atomic E-state index is 0.0280. The maximum Gasteiger partial charge on any atom is 0.149 e. The van der Waals surface area contributed by atoms with E-state index in [2.05, 4.69) is 30.9 Å². The average molecular weight is 233 g/mol. The summed E-state index contributed by atoms with van der Waals surface area (Å²) in [4.78, 5) is 14.1. The quantitative estimate of drug-likeness (QED) is 0.752. The van der Waals surface area contributed by atoms with Crippen LogP contribution in [0, 0.1) is 5.92 Å². The summed E-state index contributed by atoms with van der Waals surface area (Å²) in [7, 11) is 2.03. The molecular weight excluding hydrogens is 210 g/mol. The van der Waals surface area contributed by atoms with E-state index in [-0.39, 0.29) is 6.04 Å². The Bertz CT molecular complexity index is 345. The number of hydrogen-bond acceptors (Lipinski definition) is 2. The molecule has 0 aliphatic rings. The van der Waals surface area contributed by atoms with Crippen molar-refractivity contribution in [1.29, 1.82) is 0 Å². The number of likely N-dealkylation sites (N-methyl/N-ethyl adjacent to an activating group) is 1. The Morgan fingerprint density at radius 1 is 1.24 bits per heavy atom. The molecule has 0 bridgehead atoms. The minimum absolute atomic E-state index is 0.0280. The van der Waals surface area contributed by atoms with E-state index in [1.807, 2.05) is 32.2 Å². The number of nitrogens with zero attached hydrogens (tertiary/aromatic N) is 1. The molecule has 1 aromatic carbocycles. The Labute approximate surface area is 105 Å². The van der Waals surface area contributed by atoms with Crippen LogP contribution in [0.25, 0.3) is 0 Å². The molecule has 0 aliphatic heterocycles. The third-order valence-electron chi connectivity index (χ3n) is 3.06. The van der Waals surface area contributed by atoms with E-state index in [9.17, 15) is 4.79 Å². The van der Waals surface area contributed by atoms with Crippen molar-refractivity contribution >= 4 is 5.78 Å². The largest absolute Gasteiger partial charge is 0.298 e. The first-order chi connectivity index (χ1) is 8.06. The van der Waals surface area contributed by atoms with Crippen LogP contribution in [0.5, 0.6) is 0 Å². The highest BCUT2D eigenvalue weighted by molar-refractivity contribution is 5.83. The fraction of sp³-hybridized carbons (Fsp3) is 0.533. The Morgan fingerprint density at radius 2 is 1.82 bits per heavy atom. The number of carbonyl (C=O) groups excluding carboxylic acids is 1. The standard InChI is InChI=1S/C15H23NO/c1-5-14(17)15(12(2)3)16(4)11-13-9-7-6-8-10-13/h6-10,12,15H,5,11H2,1-4H3. The number of Topliss-reactive ketones (excluding diaryl/α,β-unsaturated/α-hetero) is 1. The first-order valence-electron chi connectivity index (χ1n) is 6.33. The highest BCUT2D eigenvalue weighted by Gasteiger charge is 2.24. The van der Waals surface area contributed by atoms with Crippen molar-refractivity contribution in [3.05, 3.63) is 35.9 Å². The van der Waals surface area contributed by atoms with Gasteiger partial charge in [-0.05, 0) is 18.5 Å². The van der Waals surface area contributed by atoms with Crippen LogP contribution < -0.4 is 0 Å². The van der Waals surface area contributed by atoms with E-state index in [4.69, 9.17) is 0 Å². The molecule has 0 amide bonds. The molecular formula is C15H23NO. The van der Waals surface area contributed by atoms with Crippen LogP contribution >= 0.6 is 0 Å². The van der Waals surface area contributed by atoms with Gasteiger partial charge in [0.05, 0.1) is 6.04 Å². The summed E-state index contributed by atoms with van der Waals surface area (Å²) in [5.74, 6) is 0.689. The summed E-state index contributed by atoms with van der Waals surface area (Å²) in [5, 5.41) is 0. The number of rotatable bonds is 6. The summed E-state index contributed by atoms with van der Waals surface area (Å²) in [5.41, 5.74) is 1.25. The second kappa shape index (κ2) is 6.55. The number of benzene rings is 1. The van der Waals surface area contributed by atoms with Crippen molar-refractivity contribution in [1.82, 2.24) is 4.90 Å². The van der Waals surface area contributed by atoms with Gasteiger partial charge in [0.15, 0.2) is 0 Å². The summed E-state index contributed by atoms with van der Waals surface area (Å²) in [6, 6.07) is 10.3. The molecule has 0 radical (unpaired) electrons. The molecule has 0 aromatic heterocycles. The highest BCUT2D eigenvalue weighted by atomic mass is 16.1. The number of ketones is 1. The van der Waals surface area contributed by atoms with Gasteiger partial charge in [-0.1, -0.05) is 51.1 Å². The molecule has 1 aromatic rings. The summed E-state index contributed by atoms with van der Waals surface area (Å²) in [6.45, 7) is 6.99. The Kier molecular flexibility index (Phi) is 5.36. The topological polar surface area (TPSA) is 20.3 Å². The van der Waals surface area contributed by atoms with Gasteiger partial charge < -0.3 is 0 Å². The lowest BCUT2D eigenvalue weighted by Crippen LogP contribution is -2.41. The van der Waals surface area contributed by atoms with Crippen molar-refractivity contribution < 1.29 is 4.79 Å². The molecule has 1 atom stereocenters. The molecule has 1 rings (SSSR count). The molecule has 0 saturated carbocycles. The molecule has 0 fully saturated rings. The third kappa shape index (κ3) is 3.97. The lowest BCUT2D eigenvalue weighted by molar-refractivity contribution is -0.125. The lowest BCUT2D eigenvalue weighted by Gasteiger charge is -2.29. The Morgan fingerprint density at radius 3 is 2.29 bits per heavy atom. The van der Waals surface area contributed by atoms with Gasteiger partial charge in [-0.2, -0.15) is 0 Å². The van der Waals surface area contributed by atoms with Crippen LogP contribution in [0.15, 0.2) is 30.3 Å². The van der Waals surface area contributed by atoms with Crippen LogP contribution in [0.3, 0.4) is 0 Å². The number of hydrogen-bond donors (Lipinski definition) is 0. The second-order valence-electron chi connectivity index (χ2n) is 4.91. The first-order valence-corrected chi connectivity index (χ1v) is 6.33. The van der Waals surface area contributed by atoms with E-state index in [1.165, 1.54) is 5.56 Å². The van der Waals surface area contributed by atoms with Gasteiger partial charge in [0.1, 0.15) is 5.78 Å². The molecule has 94 valence electrons. The normalized spacial score (nSPS) is 13.1.